The van der Waals surface area contributed by atoms with Crippen LogP contribution in [0.1, 0.15) is 26.2 Å². The van der Waals surface area contributed by atoms with E-state index in [1.807, 2.05) is 0 Å². The summed E-state index contributed by atoms with van der Waals surface area (Å²) in [7, 11) is 0. The molecule has 0 amide bonds. The van der Waals surface area contributed by atoms with E-state index < -0.39 is 0 Å². The van der Waals surface area contributed by atoms with Gasteiger partial charge in [0.15, 0.2) is 0 Å². The minimum Gasteiger partial charge on any atom is -0.411 e. The van der Waals surface area contributed by atoms with Gasteiger partial charge < -0.3 is 5.21 Å². The van der Waals surface area contributed by atoms with Gasteiger partial charge in [-0.2, -0.15) is 0 Å². The SMILES string of the molecule is CC[CH]CC/C=N\O. The Morgan fingerprint density at radius 2 is 2.25 bits per heavy atom. The molecule has 0 atom stereocenters. The summed E-state index contributed by atoms with van der Waals surface area (Å²) < 4.78 is 0. The van der Waals surface area contributed by atoms with Crippen molar-refractivity contribution in [3.63, 3.8) is 0 Å². The molecular weight excluding hydrogens is 102 g/mol. The molecule has 2 nitrogen and oxygen atoms in total. The van der Waals surface area contributed by atoms with Gasteiger partial charge in [-0.1, -0.05) is 13.3 Å². The Labute approximate surface area is 50.2 Å². The molecule has 0 unspecified atom stereocenters. The minimum absolute atomic E-state index is 0.852. The van der Waals surface area contributed by atoms with Crippen molar-refractivity contribution >= 4 is 6.21 Å². The van der Waals surface area contributed by atoms with Crippen LogP contribution in [-0.2, 0) is 0 Å². The predicted molar refractivity (Wildman–Crippen MR) is 34.1 cm³/mol. The summed E-state index contributed by atoms with van der Waals surface area (Å²) >= 11 is 0. The first kappa shape index (κ1) is 7.47. The van der Waals surface area contributed by atoms with Gasteiger partial charge in [-0.15, -0.1) is 5.16 Å². The lowest BCUT2D eigenvalue weighted by atomic mass is 10.2. The average molecular weight is 114 g/mol. The Morgan fingerprint density at radius 1 is 1.50 bits per heavy atom. The van der Waals surface area contributed by atoms with Gasteiger partial charge in [0.05, 0.1) is 0 Å². The third-order valence-electron chi connectivity index (χ3n) is 0.870. The van der Waals surface area contributed by atoms with Gasteiger partial charge in [0.2, 0.25) is 0 Å². The van der Waals surface area contributed by atoms with Crippen LogP contribution in [0.3, 0.4) is 0 Å². The number of unbranched alkanes of at least 4 members (excludes halogenated alkanes) is 3. The first-order valence-electron chi connectivity index (χ1n) is 2.89. The second kappa shape index (κ2) is 6.47. The quantitative estimate of drug-likeness (QED) is 0.257. The van der Waals surface area contributed by atoms with E-state index in [0.717, 1.165) is 19.3 Å². The summed E-state index contributed by atoms with van der Waals surface area (Å²) in [4.78, 5) is 0. The molecule has 0 aliphatic rings. The van der Waals surface area contributed by atoms with E-state index in [1.54, 1.807) is 0 Å². The fourth-order valence-electron chi connectivity index (χ4n) is 0.454. The molecule has 0 rings (SSSR count). The molecule has 0 aromatic carbocycles. The van der Waals surface area contributed by atoms with Crippen LogP contribution in [0.25, 0.3) is 0 Å². The fourth-order valence-corrected chi connectivity index (χ4v) is 0.454. The number of hydrogen-bond donors (Lipinski definition) is 1. The maximum Gasteiger partial charge on any atom is 0.0436 e. The predicted octanol–water partition coefficient (Wildman–Crippen LogP) is 1.84. The summed E-state index contributed by atoms with van der Waals surface area (Å²) in [5, 5.41) is 10.8. The van der Waals surface area contributed by atoms with Crippen LogP contribution in [0.2, 0.25) is 0 Å². The average Bonchev–Trinajstić information content (AvgIpc) is 1.81. The maximum absolute atomic E-state index is 7.92. The molecule has 0 aliphatic carbocycles. The Hall–Kier alpha value is -0.530. The van der Waals surface area contributed by atoms with Crippen LogP contribution in [0.15, 0.2) is 5.16 Å². The van der Waals surface area contributed by atoms with Gasteiger partial charge in [0, 0.05) is 6.21 Å². The van der Waals surface area contributed by atoms with E-state index in [1.165, 1.54) is 6.21 Å². The molecule has 0 bridgehead atoms. The topological polar surface area (TPSA) is 32.6 Å². The monoisotopic (exact) mass is 114 g/mol. The Morgan fingerprint density at radius 3 is 2.75 bits per heavy atom. The molecule has 0 fully saturated rings. The molecule has 0 saturated carbocycles. The molecule has 0 aliphatic heterocycles. The van der Waals surface area contributed by atoms with Crippen molar-refractivity contribution < 1.29 is 5.21 Å². The van der Waals surface area contributed by atoms with Crippen LogP contribution in [0, 0.1) is 6.42 Å². The van der Waals surface area contributed by atoms with E-state index in [0.29, 0.717) is 0 Å². The Kier molecular flexibility index (Phi) is 6.04. The summed E-state index contributed by atoms with van der Waals surface area (Å²) in [6.45, 7) is 2.09. The van der Waals surface area contributed by atoms with E-state index in [4.69, 9.17) is 5.21 Å². The van der Waals surface area contributed by atoms with Crippen molar-refractivity contribution in [2.45, 2.75) is 26.2 Å². The number of hydrogen-bond acceptors (Lipinski definition) is 2. The van der Waals surface area contributed by atoms with E-state index in [2.05, 4.69) is 18.5 Å². The normalized spacial score (nSPS) is 10.6. The fraction of sp³-hybridized carbons (Fsp3) is 0.667. The molecular formula is C6H12NO. The van der Waals surface area contributed by atoms with Crippen molar-refractivity contribution in [3.8, 4) is 0 Å². The standard InChI is InChI=1S/C6H12NO/c1-2-3-4-5-6-7-8/h3,6,8H,2,4-5H2,1H3/b7-6-. The molecule has 1 N–H and O–H groups in total. The summed E-state index contributed by atoms with van der Waals surface area (Å²) in [5.41, 5.74) is 0. The molecule has 0 aromatic heterocycles. The van der Waals surface area contributed by atoms with Gasteiger partial charge in [0.1, 0.15) is 0 Å². The van der Waals surface area contributed by atoms with Crippen LogP contribution >= 0.6 is 0 Å². The highest BCUT2D eigenvalue weighted by molar-refractivity contribution is 5.56. The zero-order valence-corrected chi connectivity index (χ0v) is 5.17. The lowest BCUT2D eigenvalue weighted by molar-refractivity contribution is 0.320. The second-order valence-corrected chi connectivity index (χ2v) is 1.57. The van der Waals surface area contributed by atoms with E-state index in [-0.39, 0.29) is 0 Å². The van der Waals surface area contributed by atoms with Crippen molar-refractivity contribution in [1.82, 2.24) is 0 Å². The highest BCUT2D eigenvalue weighted by atomic mass is 16.4. The largest absolute Gasteiger partial charge is 0.411 e. The van der Waals surface area contributed by atoms with Crippen LogP contribution < -0.4 is 0 Å². The first-order chi connectivity index (χ1) is 3.91. The Bertz CT molecular complexity index is 61.5. The first-order valence-corrected chi connectivity index (χ1v) is 2.89. The lowest BCUT2D eigenvalue weighted by Crippen LogP contribution is -1.76. The minimum atomic E-state index is 0.852. The van der Waals surface area contributed by atoms with Crippen LogP contribution in [0.4, 0.5) is 0 Å². The highest BCUT2D eigenvalue weighted by Gasteiger charge is 1.80. The smallest absolute Gasteiger partial charge is 0.0436 e. The molecule has 1 radical (unpaired) electrons. The molecule has 8 heavy (non-hydrogen) atoms. The van der Waals surface area contributed by atoms with Crippen molar-refractivity contribution in [2.75, 3.05) is 0 Å². The molecule has 0 aromatic rings. The zero-order chi connectivity index (χ0) is 6.24. The van der Waals surface area contributed by atoms with Crippen molar-refractivity contribution in [3.05, 3.63) is 6.42 Å². The number of oxime groups is 1. The van der Waals surface area contributed by atoms with Gasteiger partial charge in [-0.3, -0.25) is 0 Å². The molecule has 0 saturated heterocycles. The Balaban J connectivity index is 2.72. The van der Waals surface area contributed by atoms with Crippen molar-refractivity contribution in [1.29, 1.82) is 0 Å². The third kappa shape index (κ3) is 5.47. The summed E-state index contributed by atoms with van der Waals surface area (Å²) in [6, 6.07) is 0. The molecule has 2 heteroatoms. The third-order valence-corrected chi connectivity index (χ3v) is 0.870. The van der Waals surface area contributed by atoms with E-state index >= 15 is 0 Å². The second-order valence-electron chi connectivity index (χ2n) is 1.57. The molecule has 0 heterocycles. The number of rotatable bonds is 4. The van der Waals surface area contributed by atoms with Gasteiger partial charge in [0.25, 0.3) is 0 Å². The van der Waals surface area contributed by atoms with Crippen molar-refractivity contribution in [2.24, 2.45) is 5.16 Å². The lowest BCUT2D eigenvalue weighted by Gasteiger charge is -1.87. The van der Waals surface area contributed by atoms with Crippen LogP contribution in [-0.4, -0.2) is 11.4 Å². The highest BCUT2D eigenvalue weighted by Crippen LogP contribution is 1.93. The molecule has 0 spiro atoms. The maximum atomic E-state index is 7.92. The molecule has 47 valence electrons. The van der Waals surface area contributed by atoms with Gasteiger partial charge >= 0.3 is 0 Å². The van der Waals surface area contributed by atoms with Gasteiger partial charge in [-0.25, -0.2) is 0 Å². The zero-order valence-electron chi connectivity index (χ0n) is 5.17. The van der Waals surface area contributed by atoms with E-state index in [9.17, 15) is 0 Å². The number of nitrogens with zero attached hydrogens (tertiary/aromatic N) is 1. The van der Waals surface area contributed by atoms with Gasteiger partial charge in [-0.05, 0) is 19.3 Å². The van der Waals surface area contributed by atoms with Crippen LogP contribution in [0.5, 0.6) is 0 Å². The summed E-state index contributed by atoms with van der Waals surface area (Å²) in [6.07, 6.45) is 6.62. The summed E-state index contributed by atoms with van der Waals surface area (Å²) in [5.74, 6) is 0.